The normalized spacial score (nSPS) is 12.0. The van der Waals surface area contributed by atoms with E-state index in [1.54, 1.807) is 24.3 Å². The highest BCUT2D eigenvalue weighted by Gasteiger charge is 2.18. The van der Waals surface area contributed by atoms with Crippen molar-refractivity contribution in [1.29, 1.82) is 0 Å². The molecule has 2 rings (SSSR count). The second kappa shape index (κ2) is 6.35. The number of nitrogen functional groups attached to an aromatic ring is 1. The Bertz CT molecular complexity index is 638. The lowest BCUT2D eigenvalue weighted by atomic mass is 10.1. The monoisotopic (exact) mass is 290 g/mol. The summed E-state index contributed by atoms with van der Waals surface area (Å²) in [5.41, 5.74) is 6.80. The van der Waals surface area contributed by atoms with Gasteiger partial charge in [0.25, 0.3) is 0 Å². The van der Waals surface area contributed by atoms with Gasteiger partial charge in [-0.3, -0.25) is 4.79 Å². The van der Waals surface area contributed by atoms with Crippen molar-refractivity contribution in [3.63, 3.8) is 0 Å². The van der Waals surface area contributed by atoms with Crippen molar-refractivity contribution in [3.8, 4) is 0 Å². The topological polar surface area (TPSA) is 55.1 Å². The molecule has 0 aliphatic rings. The van der Waals surface area contributed by atoms with Crippen LogP contribution in [0.2, 0.25) is 0 Å². The van der Waals surface area contributed by atoms with Gasteiger partial charge in [0.2, 0.25) is 5.91 Å². The predicted octanol–water partition coefficient (Wildman–Crippen LogP) is 2.97. The van der Waals surface area contributed by atoms with Gasteiger partial charge in [-0.05, 0) is 30.7 Å². The van der Waals surface area contributed by atoms with Crippen molar-refractivity contribution >= 4 is 11.6 Å². The van der Waals surface area contributed by atoms with Gasteiger partial charge < -0.3 is 11.1 Å². The van der Waals surface area contributed by atoms with E-state index >= 15 is 0 Å². The lowest BCUT2D eigenvalue weighted by Crippen LogP contribution is -2.29. The number of hydrogen-bond acceptors (Lipinski definition) is 2. The van der Waals surface area contributed by atoms with Crippen molar-refractivity contribution in [3.05, 3.63) is 65.2 Å². The van der Waals surface area contributed by atoms with Crippen molar-refractivity contribution in [2.45, 2.75) is 19.4 Å². The first-order valence-corrected chi connectivity index (χ1v) is 6.55. The Hall–Kier alpha value is -2.43. The van der Waals surface area contributed by atoms with Gasteiger partial charge in [0.05, 0.1) is 12.5 Å². The van der Waals surface area contributed by atoms with Gasteiger partial charge >= 0.3 is 0 Å². The Morgan fingerprint density at radius 3 is 2.38 bits per heavy atom. The van der Waals surface area contributed by atoms with Crippen LogP contribution in [-0.2, 0) is 11.2 Å². The lowest BCUT2D eigenvalue weighted by Gasteiger charge is -2.16. The van der Waals surface area contributed by atoms with Crippen molar-refractivity contribution in [2.75, 3.05) is 5.73 Å². The van der Waals surface area contributed by atoms with Crippen LogP contribution in [0.1, 0.15) is 24.1 Å². The quantitative estimate of drug-likeness (QED) is 0.851. The summed E-state index contributed by atoms with van der Waals surface area (Å²) in [6.45, 7) is 1.54. The molecule has 0 aromatic heterocycles. The van der Waals surface area contributed by atoms with Crippen LogP contribution in [-0.4, -0.2) is 5.91 Å². The smallest absolute Gasteiger partial charge is 0.224 e. The third-order valence-corrected chi connectivity index (χ3v) is 3.22. The summed E-state index contributed by atoms with van der Waals surface area (Å²) < 4.78 is 27.3. The number of amides is 1. The van der Waals surface area contributed by atoms with E-state index < -0.39 is 17.7 Å². The molecular weight excluding hydrogens is 274 g/mol. The van der Waals surface area contributed by atoms with E-state index in [1.165, 1.54) is 13.0 Å². The summed E-state index contributed by atoms with van der Waals surface area (Å²) in [7, 11) is 0. The zero-order valence-corrected chi connectivity index (χ0v) is 11.6. The largest absolute Gasteiger partial charge is 0.398 e. The molecule has 1 amide bonds. The standard InChI is InChI=1S/C16H16F2N2O/c1-10(16-12(17)6-4-7-13(16)18)20-15(21)9-11-5-2-3-8-14(11)19/h2-8,10H,9,19H2,1H3,(H,20,21). The molecule has 1 unspecified atom stereocenters. The minimum Gasteiger partial charge on any atom is -0.398 e. The Morgan fingerprint density at radius 2 is 1.76 bits per heavy atom. The number of nitrogens with two attached hydrogens (primary N) is 1. The molecule has 0 aliphatic carbocycles. The van der Waals surface area contributed by atoms with E-state index in [0.717, 1.165) is 12.1 Å². The van der Waals surface area contributed by atoms with Gasteiger partial charge in [-0.1, -0.05) is 24.3 Å². The molecule has 0 spiro atoms. The average molecular weight is 290 g/mol. The van der Waals surface area contributed by atoms with Gasteiger partial charge in [-0.25, -0.2) is 8.78 Å². The number of carbonyl (C=O) groups excluding carboxylic acids is 1. The fraction of sp³-hybridized carbons (Fsp3) is 0.188. The minimum atomic E-state index is -0.761. The SMILES string of the molecule is CC(NC(=O)Cc1ccccc1N)c1c(F)cccc1F. The first-order chi connectivity index (χ1) is 9.99. The summed E-state index contributed by atoms with van der Waals surface area (Å²) in [4.78, 5) is 12.0. The van der Waals surface area contributed by atoms with E-state index in [9.17, 15) is 13.6 Å². The molecule has 5 heteroatoms. The predicted molar refractivity (Wildman–Crippen MR) is 77.5 cm³/mol. The van der Waals surface area contributed by atoms with E-state index in [1.807, 2.05) is 0 Å². The van der Waals surface area contributed by atoms with Crippen LogP contribution in [0.4, 0.5) is 14.5 Å². The third kappa shape index (κ3) is 3.56. The molecule has 1 atom stereocenters. The first-order valence-electron chi connectivity index (χ1n) is 6.55. The van der Waals surface area contributed by atoms with Crippen molar-refractivity contribution < 1.29 is 13.6 Å². The molecular formula is C16H16F2N2O. The number of nitrogens with one attached hydrogen (secondary N) is 1. The maximum absolute atomic E-state index is 13.6. The molecule has 0 fully saturated rings. The molecule has 110 valence electrons. The maximum atomic E-state index is 13.6. The number of para-hydroxylation sites is 1. The zero-order valence-electron chi connectivity index (χ0n) is 11.6. The molecule has 0 saturated carbocycles. The summed E-state index contributed by atoms with van der Waals surface area (Å²) in [6, 6.07) is 9.84. The van der Waals surface area contributed by atoms with Crippen molar-refractivity contribution in [2.24, 2.45) is 0 Å². The highest BCUT2D eigenvalue weighted by molar-refractivity contribution is 5.80. The number of rotatable bonds is 4. The molecule has 2 aromatic carbocycles. The fourth-order valence-corrected chi connectivity index (χ4v) is 2.16. The fourth-order valence-electron chi connectivity index (χ4n) is 2.16. The molecule has 3 N–H and O–H groups in total. The molecule has 0 aliphatic heterocycles. The Labute approximate surface area is 121 Å². The number of carbonyl (C=O) groups is 1. The van der Waals surface area contributed by atoms with Crippen LogP contribution in [0, 0.1) is 11.6 Å². The van der Waals surface area contributed by atoms with Crippen molar-refractivity contribution in [1.82, 2.24) is 5.32 Å². The maximum Gasteiger partial charge on any atom is 0.224 e. The first kappa shape index (κ1) is 15.0. The van der Waals surface area contributed by atoms with Gasteiger partial charge in [0, 0.05) is 11.3 Å². The van der Waals surface area contributed by atoms with E-state index in [4.69, 9.17) is 5.73 Å². The molecule has 0 bridgehead atoms. The summed E-state index contributed by atoms with van der Waals surface area (Å²) in [5.74, 6) is -1.70. The lowest BCUT2D eigenvalue weighted by molar-refractivity contribution is -0.121. The zero-order chi connectivity index (χ0) is 15.4. The minimum absolute atomic E-state index is 0.0626. The molecule has 21 heavy (non-hydrogen) atoms. The number of anilines is 1. The number of hydrogen-bond donors (Lipinski definition) is 2. The van der Waals surface area contributed by atoms with Crippen LogP contribution in [0.3, 0.4) is 0 Å². The molecule has 0 saturated heterocycles. The average Bonchev–Trinajstić information content (AvgIpc) is 2.41. The Kier molecular flexibility index (Phi) is 4.52. The molecule has 0 radical (unpaired) electrons. The van der Waals surface area contributed by atoms with Gasteiger partial charge in [0.1, 0.15) is 11.6 Å². The Balaban J connectivity index is 2.08. The van der Waals surface area contributed by atoms with E-state index in [-0.39, 0.29) is 17.9 Å². The number of benzene rings is 2. The Morgan fingerprint density at radius 1 is 1.14 bits per heavy atom. The summed E-state index contributed by atoms with van der Waals surface area (Å²) in [6.07, 6.45) is 0.0626. The summed E-state index contributed by atoms with van der Waals surface area (Å²) in [5, 5.41) is 2.58. The van der Waals surface area contributed by atoms with Gasteiger partial charge in [0.15, 0.2) is 0 Å². The van der Waals surface area contributed by atoms with Crippen LogP contribution in [0.15, 0.2) is 42.5 Å². The second-order valence-electron chi connectivity index (χ2n) is 4.80. The summed E-state index contributed by atoms with van der Waals surface area (Å²) >= 11 is 0. The second-order valence-corrected chi connectivity index (χ2v) is 4.80. The van der Waals surface area contributed by atoms with Gasteiger partial charge in [-0.15, -0.1) is 0 Å². The highest BCUT2D eigenvalue weighted by Crippen LogP contribution is 2.20. The van der Waals surface area contributed by atoms with Crippen LogP contribution >= 0.6 is 0 Å². The molecule has 3 nitrogen and oxygen atoms in total. The highest BCUT2D eigenvalue weighted by atomic mass is 19.1. The van der Waals surface area contributed by atoms with E-state index in [2.05, 4.69) is 5.32 Å². The molecule has 0 heterocycles. The van der Waals surface area contributed by atoms with Crippen LogP contribution in [0.5, 0.6) is 0 Å². The number of halogens is 2. The third-order valence-electron chi connectivity index (χ3n) is 3.22. The van der Waals surface area contributed by atoms with Crippen LogP contribution < -0.4 is 11.1 Å². The molecule has 2 aromatic rings. The van der Waals surface area contributed by atoms with Crippen LogP contribution in [0.25, 0.3) is 0 Å². The van der Waals surface area contributed by atoms with Gasteiger partial charge in [-0.2, -0.15) is 0 Å². The van der Waals surface area contributed by atoms with E-state index in [0.29, 0.717) is 11.3 Å².